The Balaban J connectivity index is 1.89. The largest absolute Gasteiger partial charge is 0.481 e. The van der Waals surface area contributed by atoms with Gasteiger partial charge in [0.05, 0.1) is 24.0 Å². The van der Waals surface area contributed by atoms with E-state index in [4.69, 9.17) is 16.3 Å². The molecule has 0 bridgehead atoms. The highest BCUT2D eigenvalue weighted by atomic mass is 35.5. The van der Waals surface area contributed by atoms with Gasteiger partial charge in [0, 0.05) is 9.91 Å². The summed E-state index contributed by atoms with van der Waals surface area (Å²) in [5.41, 5.74) is 1.38. The van der Waals surface area contributed by atoms with E-state index in [0.29, 0.717) is 15.6 Å². The highest BCUT2D eigenvalue weighted by Crippen LogP contribution is 2.40. The van der Waals surface area contributed by atoms with Crippen molar-refractivity contribution in [3.63, 3.8) is 0 Å². The second-order valence-corrected chi connectivity index (χ2v) is 8.36. The van der Waals surface area contributed by atoms with Crippen LogP contribution in [0.3, 0.4) is 0 Å². The average molecular weight is 412 g/mol. The van der Waals surface area contributed by atoms with Crippen LogP contribution in [0, 0.1) is 11.8 Å². The van der Waals surface area contributed by atoms with E-state index in [0.717, 1.165) is 36.1 Å². The van der Waals surface area contributed by atoms with Crippen LogP contribution < -0.4 is 5.32 Å². The third kappa shape index (κ3) is 4.19. The number of hydrogen-bond acceptors (Lipinski definition) is 5. The van der Waals surface area contributed by atoms with Crippen molar-refractivity contribution < 1.29 is 24.2 Å². The first-order chi connectivity index (χ1) is 12.9. The predicted octanol–water partition coefficient (Wildman–Crippen LogP) is 3.98. The summed E-state index contributed by atoms with van der Waals surface area (Å²) in [7, 11) is 0. The fourth-order valence-electron chi connectivity index (χ4n) is 3.68. The molecule has 6 nitrogen and oxygen atoms in total. The second kappa shape index (κ2) is 8.44. The number of nitrogens with one attached hydrogen (secondary N) is 1. The summed E-state index contributed by atoms with van der Waals surface area (Å²) in [6, 6.07) is 0. The normalized spacial score (nSPS) is 21.8. The summed E-state index contributed by atoms with van der Waals surface area (Å²) in [5, 5.41) is 13.2. The van der Waals surface area contributed by atoms with Crippen molar-refractivity contribution in [1.29, 1.82) is 0 Å². The Morgan fingerprint density at radius 2 is 2.04 bits per heavy atom. The highest BCUT2D eigenvalue weighted by Gasteiger charge is 2.37. The number of rotatable bonds is 5. The van der Waals surface area contributed by atoms with Crippen LogP contribution in [0.5, 0.6) is 0 Å². The maximum atomic E-state index is 12.9. The van der Waals surface area contributed by atoms with Crippen molar-refractivity contribution >= 4 is 45.8 Å². The lowest BCUT2D eigenvalue weighted by Crippen LogP contribution is -2.35. The van der Waals surface area contributed by atoms with Gasteiger partial charge in [0.1, 0.15) is 5.00 Å². The third-order valence-electron chi connectivity index (χ3n) is 5.04. The molecule has 1 aromatic heterocycles. The number of fused-ring (bicyclic) bond motifs is 1. The third-order valence-corrected chi connectivity index (χ3v) is 6.55. The van der Waals surface area contributed by atoms with Crippen LogP contribution in [0.4, 0.5) is 5.00 Å². The maximum absolute atomic E-state index is 12.9. The molecular weight excluding hydrogens is 390 g/mol. The number of carboxylic acid groups (broad SMARTS) is 1. The first kappa shape index (κ1) is 19.9. The number of aliphatic carboxylic acids is 1. The summed E-state index contributed by atoms with van der Waals surface area (Å²) in [4.78, 5) is 38.0. The first-order valence-corrected chi connectivity index (χ1v) is 10.3. The molecule has 2 aliphatic rings. The number of carboxylic acids is 1. The Kier molecular flexibility index (Phi) is 6.22. The number of hydrogen-bond donors (Lipinski definition) is 2. The number of ether oxygens (including phenoxy) is 1. The SMILES string of the molecule is CCOC(=O)c1c(NC(=O)[C@H]2CC(Cl)=CC[C@H]2C(=O)O)sc2c1CCCC2. The minimum absolute atomic E-state index is 0.185. The van der Waals surface area contributed by atoms with Gasteiger partial charge < -0.3 is 15.2 Å². The summed E-state index contributed by atoms with van der Waals surface area (Å²) in [6.45, 7) is 1.99. The van der Waals surface area contributed by atoms with Gasteiger partial charge in [-0.15, -0.1) is 11.3 Å². The molecule has 0 fully saturated rings. The number of aryl methyl sites for hydroxylation is 1. The first-order valence-electron chi connectivity index (χ1n) is 9.12. The lowest BCUT2D eigenvalue weighted by molar-refractivity contribution is -0.146. The molecule has 1 amide bonds. The van der Waals surface area contributed by atoms with Crippen LogP contribution >= 0.6 is 22.9 Å². The van der Waals surface area contributed by atoms with Crippen LogP contribution in [0.2, 0.25) is 0 Å². The van der Waals surface area contributed by atoms with Crippen molar-refractivity contribution in [1.82, 2.24) is 0 Å². The number of carbonyl (C=O) groups excluding carboxylic acids is 2. The Hall–Kier alpha value is -1.86. The molecule has 0 aromatic carbocycles. The Morgan fingerprint density at radius 3 is 2.74 bits per heavy atom. The smallest absolute Gasteiger partial charge is 0.341 e. The summed E-state index contributed by atoms with van der Waals surface area (Å²) < 4.78 is 5.19. The van der Waals surface area contributed by atoms with Crippen LogP contribution in [-0.2, 0) is 27.2 Å². The van der Waals surface area contributed by atoms with Gasteiger partial charge in [0.15, 0.2) is 0 Å². The van der Waals surface area contributed by atoms with Crippen LogP contribution in [-0.4, -0.2) is 29.6 Å². The molecule has 0 unspecified atom stereocenters. The molecule has 2 aliphatic carbocycles. The number of anilines is 1. The molecular formula is C19H22ClNO5S. The monoisotopic (exact) mass is 411 g/mol. The summed E-state index contributed by atoms with van der Waals surface area (Å²) in [6.07, 6.45) is 5.75. The summed E-state index contributed by atoms with van der Waals surface area (Å²) in [5.74, 6) is -3.48. The van der Waals surface area contributed by atoms with Gasteiger partial charge in [-0.3, -0.25) is 9.59 Å². The number of thiophene rings is 1. The molecule has 0 saturated heterocycles. The number of carbonyl (C=O) groups is 3. The van der Waals surface area contributed by atoms with Gasteiger partial charge >= 0.3 is 11.9 Å². The maximum Gasteiger partial charge on any atom is 0.341 e. The van der Waals surface area contributed by atoms with Gasteiger partial charge in [-0.25, -0.2) is 4.79 Å². The Morgan fingerprint density at radius 1 is 1.30 bits per heavy atom. The van der Waals surface area contributed by atoms with E-state index in [2.05, 4.69) is 5.32 Å². The number of halogens is 1. The lowest BCUT2D eigenvalue weighted by atomic mass is 9.82. The van der Waals surface area contributed by atoms with Crippen molar-refractivity contribution in [2.45, 2.75) is 45.4 Å². The zero-order chi connectivity index (χ0) is 19.6. The average Bonchev–Trinajstić information content (AvgIpc) is 2.99. The fourth-order valence-corrected chi connectivity index (χ4v) is 5.22. The molecule has 3 rings (SSSR count). The van der Waals surface area contributed by atoms with E-state index in [1.54, 1.807) is 13.0 Å². The minimum Gasteiger partial charge on any atom is -0.481 e. The van der Waals surface area contributed by atoms with Crippen LogP contribution in [0.25, 0.3) is 0 Å². The molecule has 146 valence electrons. The molecule has 0 aliphatic heterocycles. The molecule has 0 spiro atoms. The quantitative estimate of drug-likeness (QED) is 0.715. The van der Waals surface area contributed by atoms with Crippen LogP contribution in [0.15, 0.2) is 11.1 Å². The number of amides is 1. The van der Waals surface area contributed by atoms with Crippen molar-refractivity contribution in [2.75, 3.05) is 11.9 Å². The molecule has 2 N–H and O–H groups in total. The van der Waals surface area contributed by atoms with Crippen molar-refractivity contribution in [2.24, 2.45) is 11.8 Å². The molecule has 1 heterocycles. The van der Waals surface area contributed by atoms with E-state index >= 15 is 0 Å². The number of esters is 1. The van der Waals surface area contributed by atoms with E-state index in [9.17, 15) is 19.5 Å². The molecule has 0 radical (unpaired) electrons. The van der Waals surface area contributed by atoms with Gasteiger partial charge in [-0.05, 0) is 51.0 Å². The lowest BCUT2D eigenvalue weighted by Gasteiger charge is -2.25. The van der Waals surface area contributed by atoms with Gasteiger partial charge in [0.25, 0.3) is 0 Å². The molecule has 1 aromatic rings. The van der Waals surface area contributed by atoms with E-state index < -0.39 is 29.7 Å². The Bertz CT molecular complexity index is 800. The van der Waals surface area contributed by atoms with Gasteiger partial charge in [0.2, 0.25) is 5.91 Å². The molecule has 8 heteroatoms. The predicted molar refractivity (Wildman–Crippen MR) is 103 cm³/mol. The van der Waals surface area contributed by atoms with E-state index in [-0.39, 0.29) is 19.4 Å². The van der Waals surface area contributed by atoms with E-state index in [1.807, 2.05) is 0 Å². The van der Waals surface area contributed by atoms with Crippen molar-refractivity contribution in [3.8, 4) is 0 Å². The summed E-state index contributed by atoms with van der Waals surface area (Å²) >= 11 is 7.44. The van der Waals surface area contributed by atoms with Gasteiger partial charge in [-0.2, -0.15) is 0 Å². The van der Waals surface area contributed by atoms with E-state index in [1.165, 1.54) is 11.3 Å². The fraction of sp³-hybridized carbons (Fsp3) is 0.526. The second-order valence-electron chi connectivity index (χ2n) is 6.77. The number of allylic oxidation sites excluding steroid dienone is 2. The Labute approximate surface area is 166 Å². The molecule has 0 saturated carbocycles. The standard InChI is InChI=1S/C19H22ClNO5S/c1-2-26-19(25)15-12-5-3-4-6-14(12)27-17(15)21-16(22)13-9-10(20)7-8-11(13)18(23)24/h7,11,13H,2-6,8-9H2,1H3,(H,21,22)(H,23,24)/t11-,13+/m1/s1. The topological polar surface area (TPSA) is 92.7 Å². The molecule has 2 atom stereocenters. The molecule has 27 heavy (non-hydrogen) atoms. The minimum atomic E-state index is -1.02. The highest BCUT2D eigenvalue weighted by molar-refractivity contribution is 7.17. The zero-order valence-corrected chi connectivity index (χ0v) is 16.6. The zero-order valence-electron chi connectivity index (χ0n) is 15.0. The van der Waals surface area contributed by atoms with Gasteiger partial charge in [-0.1, -0.05) is 17.7 Å². The van der Waals surface area contributed by atoms with Crippen molar-refractivity contribution in [3.05, 3.63) is 27.1 Å². The van der Waals surface area contributed by atoms with Crippen LogP contribution in [0.1, 0.15) is 53.4 Å².